The van der Waals surface area contributed by atoms with Crippen molar-refractivity contribution in [1.82, 2.24) is 40.9 Å². The molecule has 0 aliphatic carbocycles. The summed E-state index contributed by atoms with van der Waals surface area (Å²) in [4.78, 5) is 132. The Kier molecular flexibility index (Phi) is 71.3. The number of rotatable bonds is 0. The highest BCUT2D eigenvalue weighted by molar-refractivity contribution is 5.84. The highest BCUT2D eigenvalue weighted by Crippen LogP contribution is 2.28. The molecule has 0 aliphatic heterocycles. The van der Waals surface area contributed by atoms with Gasteiger partial charge >= 0.3 is 42.5 Å². The first-order chi connectivity index (χ1) is 58.7. The molecule has 0 saturated carbocycles. The van der Waals surface area contributed by atoms with E-state index in [4.69, 9.17) is 42.6 Å². The van der Waals surface area contributed by atoms with Crippen LogP contribution in [0.15, 0.2) is 0 Å². The summed E-state index contributed by atoms with van der Waals surface area (Å²) in [6, 6.07) is 0. The van der Waals surface area contributed by atoms with Crippen molar-refractivity contribution in [1.29, 1.82) is 0 Å². The molecule has 0 fully saturated rings. The Balaban J connectivity index is -0.000000104. The van der Waals surface area contributed by atoms with Crippen LogP contribution in [0.4, 0.5) is 24.0 Å². The molecular formula is C113H240N8O20. The van der Waals surface area contributed by atoms with Gasteiger partial charge in [0, 0.05) is 94.2 Å². The summed E-state index contributed by atoms with van der Waals surface area (Å²) in [6.07, 6.45) is -1.90. The lowest BCUT2D eigenvalue weighted by molar-refractivity contribution is -0.165. The SMILES string of the molecule is C.C.CC(C)(C)NC(=O)C(C)(C)C.CC(C)(C)NC(=O)C(C)(C)C.CC(C)(C)NC(=O)OC(C)(C)C.CC(C)(C)NC(=O)OC(C)(C)C.CC(C)(C)OC(=O)C(C)(C)C.CC(C)(C)OC(=O)C(C)(C)C.CC(C)(C)OC(=O)OC(C)(C)C.CC(C)(C)OC(C)(C)C.CN(C(=O)C(C)(C)C)C(C)(C)C.CN(C(=O)C(C)(C)C)C(C)(C)C.CN(C(=O)OC(C)(C)C)C(C)(C)C.CN(C(=O)OC(C)(C)C)C(C)(C)C. The molecule has 0 saturated heterocycles. The van der Waals surface area contributed by atoms with Gasteiger partial charge in [0.25, 0.3) is 0 Å². The molecule has 0 aliphatic rings. The smallest absolute Gasteiger partial charge is 0.460 e. The number of alkyl carbamates (subject to hydrolysis) is 2. The summed E-state index contributed by atoms with van der Waals surface area (Å²) >= 11 is 0. The summed E-state index contributed by atoms with van der Waals surface area (Å²) in [5.41, 5.74) is -6.59. The fourth-order valence-electron chi connectivity index (χ4n) is 7.40. The highest BCUT2D eigenvalue weighted by atomic mass is 16.7. The number of amides is 8. The van der Waals surface area contributed by atoms with Gasteiger partial charge in [0.2, 0.25) is 23.6 Å². The van der Waals surface area contributed by atoms with Crippen molar-refractivity contribution in [2.24, 2.45) is 32.5 Å². The lowest BCUT2D eigenvalue weighted by Gasteiger charge is -2.36. The first-order valence-electron chi connectivity index (χ1n) is 49.0. The highest BCUT2D eigenvalue weighted by Gasteiger charge is 2.37. The summed E-state index contributed by atoms with van der Waals surface area (Å²) in [5, 5.41) is 11.3. The Morgan fingerprint density at radius 3 is 0.411 bits per heavy atom. The van der Waals surface area contributed by atoms with Crippen LogP contribution in [0.5, 0.6) is 0 Å². The second-order valence-corrected chi connectivity index (χ2v) is 59.2. The van der Waals surface area contributed by atoms with Crippen molar-refractivity contribution < 1.29 is 95.4 Å². The fourth-order valence-corrected chi connectivity index (χ4v) is 7.40. The molecule has 28 heteroatoms. The molecule has 28 nitrogen and oxygen atoms in total. The quantitative estimate of drug-likeness (QED) is 0.129. The Bertz CT molecular complexity index is 3160. The van der Waals surface area contributed by atoms with E-state index in [0.29, 0.717) is 0 Å². The van der Waals surface area contributed by atoms with Crippen molar-refractivity contribution in [2.75, 3.05) is 28.2 Å². The molecule has 0 heterocycles. The van der Waals surface area contributed by atoms with Crippen molar-refractivity contribution in [3.63, 3.8) is 0 Å². The topological polar surface area (TPSA) is 332 Å². The second kappa shape index (κ2) is 61.0. The van der Waals surface area contributed by atoms with Crippen LogP contribution in [-0.4, -0.2) is 214 Å². The van der Waals surface area contributed by atoms with Crippen LogP contribution in [0.3, 0.4) is 0 Å². The van der Waals surface area contributed by atoms with Gasteiger partial charge in [-0.05, 0) is 415 Å². The zero-order chi connectivity index (χ0) is 117. The monoisotopic (exact) mass is 2030 g/mol. The maximum atomic E-state index is 11.7. The molecule has 8 amide bonds. The van der Waals surface area contributed by atoms with Crippen LogP contribution in [0.1, 0.15) is 513 Å². The third-order valence-electron chi connectivity index (χ3n) is 14.8. The molecule has 0 unspecified atom stereocenters. The number of carbonyl (C=O) groups excluding carboxylic acids is 11. The second-order valence-electron chi connectivity index (χ2n) is 59.2. The first kappa shape index (κ1) is 165. The third kappa shape index (κ3) is 125. The summed E-state index contributed by atoms with van der Waals surface area (Å²) in [5.74, 6) is 0.287. The van der Waals surface area contributed by atoms with E-state index in [2.05, 4.69) is 62.8 Å². The average molecular weight is 2030 g/mol. The van der Waals surface area contributed by atoms with Crippen molar-refractivity contribution in [2.45, 2.75) is 614 Å². The summed E-state index contributed by atoms with van der Waals surface area (Å²) in [6.45, 7) is 138. The Morgan fingerprint density at radius 1 is 0.177 bits per heavy atom. The molecule has 4 N–H and O–H groups in total. The average Bonchev–Trinajstić information content (AvgIpc) is 0.842. The molecular weight excluding hydrogens is 1790 g/mol. The van der Waals surface area contributed by atoms with E-state index in [1.807, 2.05) is 430 Å². The maximum absolute atomic E-state index is 11.7. The Hall–Kier alpha value is -6.87. The Morgan fingerprint density at radius 2 is 0.333 bits per heavy atom. The fraction of sp³-hybridized carbons (Fsp3) is 0.903. The van der Waals surface area contributed by atoms with Crippen LogP contribution < -0.4 is 21.3 Å². The van der Waals surface area contributed by atoms with E-state index in [0.717, 1.165) is 0 Å². The van der Waals surface area contributed by atoms with Crippen molar-refractivity contribution in [3.05, 3.63) is 0 Å². The number of hydrogen-bond donors (Lipinski definition) is 4. The summed E-state index contributed by atoms with van der Waals surface area (Å²) in [7, 11) is 7.20. The number of nitrogens with zero attached hydrogens (tertiary/aromatic N) is 4. The van der Waals surface area contributed by atoms with Crippen LogP contribution in [0, 0.1) is 32.5 Å². The zero-order valence-corrected chi connectivity index (χ0v) is 105. The molecule has 0 aromatic carbocycles. The number of hydrogen-bond acceptors (Lipinski definition) is 20. The van der Waals surface area contributed by atoms with E-state index in [1.54, 1.807) is 75.2 Å². The molecule has 0 rings (SSSR count). The lowest BCUT2D eigenvalue weighted by atomic mass is 9.92. The number of nitrogens with one attached hydrogen (secondary N) is 4. The first-order valence-corrected chi connectivity index (χ1v) is 49.0. The lowest BCUT2D eigenvalue weighted by Crippen LogP contribution is -2.47. The molecule has 0 aromatic heterocycles. The normalized spacial score (nSPS) is 12.6. The van der Waals surface area contributed by atoms with Gasteiger partial charge in [-0.25, -0.2) is 24.0 Å². The minimum Gasteiger partial charge on any atom is -0.460 e. The minimum absolute atomic E-state index is 0. The van der Waals surface area contributed by atoms with E-state index in [9.17, 15) is 52.7 Å². The van der Waals surface area contributed by atoms with E-state index >= 15 is 0 Å². The Labute approximate surface area is 872 Å². The van der Waals surface area contributed by atoms with E-state index in [-0.39, 0.29) is 163 Å². The van der Waals surface area contributed by atoms with Gasteiger partial charge in [-0.15, -0.1) is 0 Å². The number of esters is 2. The van der Waals surface area contributed by atoms with Crippen molar-refractivity contribution in [3.8, 4) is 0 Å². The zero-order valence-electron chi connectivity index (χ0n) is 105. The van der Waals surface area contributed by atoms with Gasteiger partial charge in [-0.3, -0.25) is 28.8 Å². The van der Waals surface area contributed by atoms with Gasteiger partial charge < -0.3 is 83.5 Å². The molecule has 0 spiro atoms. The third-order valence-corrected chi connectivity index (χ3v) is 14.8. The standard InChI is InChI=1S/2C10H21NO2.2C10H21NO.2C9H19NO2.2C9H19NO.C9H18O3.2C9H18O2.C8H18O.2CH4/c2*1-9(2,3)11(7)8(12)13-10(4,5)6;2*1-9(2,3)8(12)11(7)10(4,5)6;2*1-8(2,3)10-7(11)12-9(4,5)6;2*1-8(2,3)7(11)10-9(4,5)6;1-8(2,3)11-7(10)12-9(4,5)6;2*1-8(2,3)7(10)11-9(4,5)6;1-7(2,3)9-8(4,5)6;;/h2*1-7H3;2*1-7H3;2*1-6H3,(H,10,11);2*1-6H3,(H,10,11);1-6H3;2*1-6H3;1-6H3;2*1H4. The van der Waals surface area contributed by atoms with Crippen LogP contribution in [0.2, 0.25) is 0 Å². The van der Waals surface area contributed by atoms with E-state index < -0.39 is 50.6 Å². The molecule has 0 atom stereocenters. The predicted octanol–water partition coefficient (Wildman–Crippen LogP) is 29.8. The number of ether oxygens (including phenoxy) is 9. The van der Waals surface area contributed by atoms with Gasteiger partial charge in [0.15, 0.2) is 0 Å². The minimum atomic E-state index is -0.616. The largest absolute Gasteiger partial charge is 0.509 e. The molecule has 141 heavy (non-hydrogen) atoms. The van der Waals surface area contributed by atoms with Crippen LogP contribution in [0.25, 0.3) is 0 Å². The van der Waals surface area contributed by atoms with Crippen molar-refractivity contribution >= 4 is 66.1 Å². The van der Waals surface area contributed by atoms with E-state index in [1.165, 1.54) is 0 Å². The molecule has 852 valence electrons. The maximum Gasteiger partial charge on any atom is 0.509 e. The van der Waals surface area contributed by atoms with Crippen LogP contribution in [-0.2, 0) is 71.4 Å². The van der Waals surface area contributed by atoms with Gasteiger partial charge in [-0.2, -0.15) is 0 Å². The van der Waals surface area contributed by atoms with Crippen LogP contribution >= 0.6 is 0 Å². The molecule has 0 radical (unpaired) electrons. The van der Waals surface area contributed by atoms with Gasteiger partial charge in [0.05, 0.1) is 22.0 Å². The summed E-state index contributed by atoms with van der Waals surface area (Å²) < 4.78 is 46.4. The predicted molar refractivity (Wildman–Crippen MR) is 596 cm³/mol. The molecule has 0 aromatic rings. The number of carbonyl (C=O) groups is 11. The molecule has 0 bridgehead atoms. The van der Waals surface area contributed by atoms with Gasteiger partial charge in [0.1, 0.15) is 44.8 Å². The van der Waals surface area contributed by atoms with Gasteiger partial charge in [-0.1, -0.05) is 97.9 Å².